The van der Waals surface area contributed by atoms with Crippen molar-refractivity contribution in [3.63, 3.8) is 0 Å². The summed E-state index contributed by atoms with van der Waals surface area (Å²) < 4.78 is 35.8. The fourth-order valence-electron chi connectivity index (χ4n) is 5.92. The van der Waals surface area contributed by atoms with Gasteiger partial charge in [-0.05, 0) is 87.8 Å². The van der Waals surface area contributed by atoms with E-state index in [1.807, 2.05) is 25.1 Å². The molecule has 49 heavy (non-hydrogen) atoms. The maximum absolute atomic E-state index is 14.2. The average molecular weight is 688 g/mol. The maximum Gasteiger partial charge on any atom is 0.326 e. The van der Waals surface area contributed by atoms with Crippen molar-refractivity contribution in [1.82, 2.24) is 14.5 Å². The molecule has 2 aliphatic heterocycles. The number of aryl methyl sites for hydroxylation is 2. The number of anilines is 1. The van der Waals surface area contributed by atoms with Gasteiger partial charge in [0.05, 0.1) is 12.3 Å². The molecule has 0 bridgehead atoms. The van der Waals surface area contributed by atoms with Gasteiger partial charge in [-0.3, -0.25) is 13.9 Å². The van der Waals surface area contributed by atoms with Gasteiger partial charge in [-0.2, -0.15) is 0 Å². The minimum absolute atomic E-state index is 0.0308. The number of urea groups is 1. The van der Waals surface area contributed by atoms with E-state index in [0.29, 0.717) is 25.1 Å². The molecule has 1 saturated heterocycles. The lowest BCUT2D eigenvalue weighted by atomic mass is 9.81. The number of amides is 4. The second kappa shape index (κ2) is 13.7. The minimum atomic E-state index is -4.25. The van der Waals surface area contributed by atoms with Crippen LogP contribution >= 0.6 is 0 Å². The van der Waals surface area contributed by atoms with Gasteiger partial charge >= 0.3 is 6.03 Å². The summed E-state index contributed by atoms with van der Waals surface area (Å²) in [5.74, 6) is -0.910. The number of hydrogen-bond donors (Lipinski definition) is 2. The molecule has 1 unspecified atom stereocenters. The highest BCUT2D eigenvalue weighted by Crippen LogP contribution is 2.37. The molecule has 1 fully saturated rings. The van der Waals surface area contributed by atoms with Crippen molar-refractivity contribution in [2.24, 2.45) is 4.99 Å². The van der Waals surface area contributed by atoms with Gasteiger partial charge in [-0.25, -0.2) is 23.1 Å². The Labute approximate surface area is 288 Å². The lowest BCUT2D eigenvalue weighted by Gasteiger charge is -2.35. The zero-order chi connectivity index (χ0) is 35.7. The number of amidine groups is 1. The van der Waals surface area contributed by atoms with Gasteiger partial charge in [0, 0.05) is 12.2 Å². The predicted molar refractivity (Wildman–Crippen MR) is 190 cm³/mol. The molecule has 260 valence electrons. The number of sulfonamides is 1. The summed E-state index contributed by atoms with van der Waals surface area (Å²) in [6, 6.07) is 16.9. The second-order valence-electron chi connectivity index (χ2n) is 13.7. The third-order valence-electron chi connectivity index (χ3n) is 9.23. The van der Waals surface area contributed by atoms with Crippen molar-refractivity contribution < 1.29 is 27.5 Å². The molecule has 1 atom stereocenters. The molecule has 11 nitrogen and oxygen atoms in total. The molecule has 0 saturated carbocycles. The van der Waals surface area contributed by atoms with Crippen LogP contribution in [0.1, 0.15) is 70.6 Å². The molecule has 5 rings (SSSR count). The van der Waals surface area contributed by atoms with Gasteiger partial charge in [0.2, 0.25) is 0 Å². The first-order valence-electron chi connectivity index (χ1n) is 16.5. The maximum atomic E-state index is 14.2. The summed E-state index contributed by atoms with van der Waals surface area (Å²) in [5.41, 5.74) is 2.14. The largest absolute Gasteiger partial charge is 0.493 e. The first-order chi connectivity index (χ1) is 23.1. The van der Waals surface area contributed by atoms with Crippen LogP contribution in [0.25, 0.3) is 0 Å². The minimum Gasteiger partial charge on any atom is -0.493 e. The molecule has 2 heterocycles. The van der Waals surface area contributed by atoms with Crippen LogP contribution in [-0.4, -0.2) is 66.0 Å². The van der Waals surface area contributed by atoms with E-state index in [0.717, 1.165) is 38.1 Å². The first-order valence-corrected chi connectivity index (χ1v) is 18.0. The number of aliphatic imine (C=N–C) groups is 1. The molecule has 12 heteroatoms. The van der Waals surface area contributed by atoms with E-state index >= 15 is 0 Å². The highest BCUT2D eigenvalue weighted by atomic mass is 32.2. The Morgan fingerprint density at radius 1 is 1.02 bits per heavy atom. The molecular formula is C37H45N5O6S. The molecule has 4 amide bonds. The first kappa shape index (κ1) is 35.6. The number of hydrogen-bond acceptors (Lipinski definition) is 7. The molecule has 0 aromatic heterocycles. The summed E-state index contributed by atoms with van der Waals surface area (Å²) in [6.07, 6.45) is 1.75. The number of unbranched alkanes of at least 4 members (excludes halogenated alkanes) is 1. The number of fused-ring (bicyclic) bond motifs is 1. The van der Waals surface area contributed by atoms with Crippen LogP contribution in [0.3, 0.4) is 0 Å². The Morgan fingerprint density at radius 3 is 2.39 bits per heavy atom. The Morgan fingerprint density at radius 2 is 1.71 bits per heavy atom. The predicted octanol–water partition coefficient (Wildman–Crippen LogP) is 6.22. The van der Waals surface area contributed by atoms with E-state index < -0.39 is 39.4 Å². The Balaban J connectivity index is 1.48. The molecule has 0 spiro atoms. The molecular weight excluding hydrogens is 643 g/mol. The summed E-state index contributed by atoms with van der Waals surface area (Å²) in [6.45, 7) is 13.6. The zero-order valence-corrected chi connectivity index (χ0v) is 30.0. The smallest absolute Gasteiger partial charge is 0.326 e. The van der Waals surface area contributed by atoms with Crippen molar-refractivity contribution in [1.29, 1.82) is 0 Å². The highest BCUT2D eigenvalue weighted by Gasteiger charge is 2.53. The van der Waals surface area contributed by atoms with E-state index in [1.165, 1.54) is 26.0 Å². The zero-order valence-electron chi connectivity index (χ0n) is 29.2. The summed E-state index contributed by atoms with van der Waals surface area (Å²) in [7, 11) is -4.25. The van der Waals surface area contributed by atoms with Crippen LogP contribution in [0.2, 0.25) is 0 Å². The number of benzene rings is 3. The Hall–Kier alpha value is -4.71. The van der Waals surface area contributed by atoms with Crippen molar-refractivity contribution in [2.45, 2.75) is 89.6 Å². The van der Waals surface area contributed by atoms with Gasteiger partial charge in [0.25, 0.3) is 21.8 Å². The van der Waals surface area contributed by atoms with Crippen LogP contribution in [0.5, 0.6) is 5.75 Å². The standard InChI is InChI=1S/C37H45N5O6S/c1-8-36(4,5)26-23-24(2)19-20-29(26)48-22-14-13-21-41-32(38-28-17-11-12-18-30(28)49(41,46)47)31(42-34(44)37(6,7)40-35(42)45)33(43)39-27-16-10-9-15-25(27)3/h9-12,15-20,23,31H,8,13-14,21-22H2,1-7H3,(H,39,43)(H,40,45). The van der Waals surface area contributed by atoms with E-state index in [1.54, 1.807) is 37.3 Å². The van der Waals surface area contributed by atoms with E-state index in [-0.39, 0.29) is 28.4 Å². The van der Waals surface area contributed by atoms with E-state index in [9.17, 15) is 22.8 Å². The van der Waals surface area contributed by atoms with Crippen LogP contribution in [0, 0.1) is 13.8 Å². The van der Waals surface area contributed by atoms with Crippen molar-refractivity contribution in [3.8, 4) is 5.75 Å². The fraction of sp³-hybridized carbons (Fsp3) is 0.405. The fourth-order valence-corrected chi connectivity index (χ4v) is 7.55. The lowest BCUT2D eigenvalue weighted by Crippen LogP contribution is -2.59. The van der Waals surface area contributed by atoms with Gasteiger partial charge in [0.15, 0.2) is 11.9 Å². The SMILES string of the molecule is CCC(C)(C)c1cc(C)ccc1OCCCCN1C(C(C(=O)Nc2ccccc2C)N2C(=O)NC(C)(C)C2=O)=Nc2ccccc2S1(=O)=O. The quantitative estimate of drug-likeness (QED) is 0.171. The molecule has 2 N–H and O–H groups in total. The number of rotatable bonds is 12. The molecule has 0 aliphatic carbocycles. The summed E-state index contributed by atoms with van der Waals surface area (Å²) in [5, 5.41) is 5.42. The average Bonchev–Trinajstić information content (AvgIpc) is 3.25. The van der Waals surface area contributed by atoms with Gasteiger partial charge in [0.1, 0.15) is 16.2 Å². The molecule has 3 aromatic rings. The number of carbonyl (C=O) groups excluding carboxylic acids is 3. The Kier molecular flexibility index (Phi) is 9.92. The molecule has 0 radical (unpaired) electrons. The van der Waals surface area contributed by atoms with Crippen LogP contribution < -0.4 is 15.4 Å². The monoisotopic (exact) mass is 687 g/mol. The van der Waals surface area contributed by atoms with Crippen molar-refractivity contribution in [2.75, 3.05) is 18.5 Å². The number of ether oxygens (including phenoxy) is 1. The Bertz CT molecular complexity index is 1920. The highest BCUT2D eigenvalue weighted by molar-refractivity contribution is 7.90. The number of para-hydroxylation sites is 2. The van der Waals surface area contributed by atoms with E-state index in [4.69, 9.17) is 4.74 Å². The van der Waals surface area contributed by atoms with Crippen molar-refractivity contribution >= 4 is 45.1 Å². The van der Waals surface area contributed by atoms with Gasteiger partial charge in [-0.15, -0.1) is 0 Å². The molecule has 2 aliphatic rings. The summed E-state index contributed by atoms with van der Waals surface area (Å²) >= 11 is 0. The third kappa shape index (κ3) is 7.05. The van der Waals surface area contributed by atoms with E-state index in [2.05, 4.69) is 42.5 Å². The number of imide groups is 1. The normalized spacial score (nSPS) is 17.2. The van der Waals surface area contributed by atoms with Crippen LogP contribution in [-0.2, 0) is 25.0 Å². The topological polar surface area (TPSA) is 137 Å². The van der Waals surface area contributed by atoms with Crippen LogP contribution in [0.15, 0.2) is 76.6 Å². The van der Waals surface area contributed by atoms with Gasteiger partial charge in [-0.1, -0.05) is 68.8 Å². The summed E-state index contributed by atoms with van der Waals surface area (Å²) in [4.78, 5) is 46.7. The number of nitrogens with zero attached hydrogens (tertiary/aromatic N) is 3. The molecule has 3 aromatic carbocycles. The second-order valence-corrected chi connectivity index (χ2v) is 15.6. The van der Waals surface area contributed by atoms with Gasteiger partial charge < -0.3 is 15.4 Å². The van der Waals surface area contributed by atoms with Crippen LogP contribution in [0.4, 0.5) is 16.2 Å². The number of carbonyl (C=O) groups is 3. The lowest BCUT2D eigenvalue weighted by molar-refractivity contribution is -0.134. The van der Waals surface area contributed by atoms with Crippen molar-refractivity contribution in [3.05, 3.63) is 83.4 Å². The number of nitrogens with one attached hydrogen (secondary N) is 2. The third-order valence-corrected chi connectivity index (χ3v) is 11.1.